The maximum atomic E-state index is 13.1. The van der Waals surface area contributed by atoms with Crippen LogP contribution in [0.1, 0.15) is 45.8 Å². The van der Waals surface area contributed by atoms with Crippen molar-refractivity contribution < 1.29 is 9.59 Å². The summed E-state index contributed by atoms with van der Waals surface area (Å²) in [5, 5.41) is 3.88. The molecule has 1 heterocycles. The molecule has 1 N–H and O–H groups in total. The standard InChI is InChI=1S/C25H25ClINO2S/c1-16(2)13-18-9-7-17(8-10-18)11-12-19-14-21(25(31-19)28-23(29)15-27)24(30)20-5-3-4-6-22(20)26/h3-10,14,16H,11-13,15H2,1-2H3,(H,28,29). The number of thiophene rings is 1. The molecular weight excluding hydrogens is 541 g/mol. The molecule has 162 valence electrons. The molecule has 0 saturated carbocycles. The van der Waals surface area contributed by atoms with Gasteiger partial charge >= 0.3 is 0 Å². The fourth-order valence-corrected chi connectivity index (χ4v) is 4.84. The van der Waals surface area contributed by atoms with Crippen molar-refractivity contribution in [2.45, 2.75) is 33.1 Å². The number of halogens is 2. The fraction of sp³-hybridized carbons (Fsp3) is 0.280. The molecule has 0 aliphatic heterocycles. The van der Waals surface area contributed by atoms with Crippen molar-refractivity contribution in [2.75, 3.05) is 9.74 Å². The highest BCUT2D eigenvalue weighted by atomic mass is 127. The molecule has 0 aliphatic carbocycles. The van der Waals surface area contributed by atoms with Gasteiger partial charge in [-0.05, 0) is 54.5 Å². The summed E-state index contributed by atoms with van der Waals surface area (Å²) in [6.07, 6.45) is 2.76. The predicted molar refractivity (Wildman–Crippen MR) is 139 cm³/mol. The van der Waals surface area contributed by atoms with E-state index in [2.05, 4.69) is 43.4 Å². The Morgan fingerprint density at radius 3 is 2.32 bits per heavy atom. The van der Waals surface area contributed by atoms with Crippen LogP contribution >= 0.6 is 45.5 Å². The summed E-state index contributed by atoms with van der Waals surface area (Å²) in [5.41, 5.74) is 3.56. The van der Waals surface area contributed by atoms with E-state index in [4.69, 9.17) is 11.6 Å². The van der Waals surface area contributed by atoms with Crippen LogP contribution in [-0.4, -0.2) is 16.1 Å². The summed E-state index contributed by atoms with van der Waals surface area (Å²) in [6, 6.07) is 17.6. The summed E-state index contributed by atoms with van der Waals surface area (Å²) in [4.78, 5) is 26.2. The summed E-state index contributed by atoms with van der Waals surface area (Å²) in [5.74, 6) is 0.347. The minimum Gasteiger partial charge on any atom is -0.316 e. The number of hydrogen-bond donors (Lipinski definition) is 1. The molecule has 0 unspecified atom stereocenters. The van der Waals surface area contributed by atoms with Gasteiger partial charge in [0.05, 0.1) is 15.0 Å². The first kappa shape index (κ1) is 24.0. The third kappa shape index (κ3) is 6.64. The monoisotopic (exact) mass is 565 g/mol. The van der Waals surface area contributed by atoms with Gasteiger partial charge in [-0.2, -0.15) is 0 Å². The minimum absolute atomic E-state index is 0.122. The van der Waals surface area contributed by atoms with Crippen molar-refractivity contribution in [1.82, 2.24) is 0 Å². The molecule has 3 nitrogen and oxygen atoms in total. The average molecular weight is 566 g/mol. The molecule has 3 aromatic rings. The lowest BCUT2D eigenvalue weighted by molar-refractivity contribution is -0.113. The van der Waals surface area contributed by atoms with E-state index in [1.807, 2.05) is 28.7 Å². The highest BCUT2D eigenvalue weighted by Gasteiger charge is 2.21. The van der Waals surface area contributed by atoms with Gasteiger partial charge in [-0.25, -0.2) is 0 Å². The van der Waals surface area contributed by atoms with Crippen LogP contribution < -0.4 is 5.32 Å². The van der Waals surface area contributed by atoms with Crippen molar-refractivity contribution in [1.29, 1.82) is 0 Å². The van der Waals surface area contributed by atoms with Crippen molar-refractivity contribution in [2.24, 2.45) is 5.92 Å². The second-order valence-corrected chi connectivity index (χ2v) is 10.2. The van der Waals surface area contributed by atoms with Crippen LogP contribution in [0.3, 0.4) is 0 Å². The molecule has 1 aromatic heterocycles. The van der Waals surface area contributed by atoms with E-state index in [0.717, 1.165) is 24.1 Å². The normalized spacial score (nSPS) is 11.0. The number of anilines is 1. The molecule has 0 aliphatic rings. The zero-order valence-electron chi connectivity index (χ0n) is 17.6. The van der Waals surface area contributed by atoms with Crippen LogP contribution in [0.5, 0.6) is 0 Å². The van der Waals surface area contributed by atoms with Crippen LogP contribution in [-0.2, 0) is 24.1 Å². The van der Waals surface area contributed by atoms with Gasteiger partial charge in [-0.15, -0.1) is 11.3 Å². The molecule has 3 rings (SSSR count). The Kier molecular flexibility index (Phi) is 8.69. The fourth-order valence-electron chi connectivity index (χ4n) is 3.36. The summed E-state index contributed by atoms with van der Waals surface area (Å²) in [6.45, 7) is 4.45. The van der Waals surface area contributed by atoms with E-state index in [-0.39, 0.29) is 11.7 Å². The number of benzene rings is 2. The van der Waals surface area contributed by atoms with Gasteiger partial charge in [-0.3, -0.25) is 9.59 Å². The van der Waals surface area contributed by atoms with Crippen LogP contribution in [0.15, 0.2) is 54.6 Å². The molecule has 0 fully saturated rings. The molecule has 2 aromatic carbocycles. The topological polar surface area (TPSA) is 46.2 Å². The number of carbonyl (C=O) groups is 2. The predicted octanol–water partition coefficient (Wildman–Crippen LogP) is 6.99. The quantitative estimate of drug-likeness (QED) is 0.173. The van der Waals surface area contributed by atoms with Gasteiger partial charge in [0.15, 0.2) is 5.78 Å². The first-order valence-electron chi connectivity index (χ1n) is 10.2. The zero-order valence-corrected chi connectivity index (χ0v) is 21.3. The number of hydrogen-bond acceptors (Lipinski definition) is 3. The van der Waals surface area contributed by atoms with E-state index in [1.165, 1.54) is 22.5 Å². The molecular formula is C25H25ClINO2S. The molecule has 0 bridgehead atoms. The Bertz CT molecular complexity index is 1060. The molecule has 1 amide bonds. The van der Waals surface area contributed by atoms with E-state index in [9.17, 15) is 9.59 Å². The molecule has 0 radical (unpaired) electrons. The minimum atomic E-state index is -0.171. The van der Waals surface area contributed by atoms with Gasteiger partial charge < -0.3 is 5.32 Å². The van der Waals surface area contributed by atoms with Crippen LogP contribution in [0.25, 0.3) is 0 Å². The maximum absolute atomic E-state index is 13.1. The molecule has 6 heteroatoms. The zero-order chi connectivity index (χ0) is 22.4. The number of ketones is 1. The Balaban J connectivity index is 1.79. The highest BCUT2D eigenvalue weighted by molar-refractivity contribution is 14.1. The molecule has 31 heavy (non-hydrogen) atoms. The van der Waals surface area contributed by atoms with Crippen molar-refractivity contribution in [3.05, 3.63) is 86.8 Å². The SMILES string of the molecule is CC(C)Cc1ccc(CCc2cc(C(=O)c3ccccc3Cl)c(NC(=O)CI)s2)cc1. The van der Waals surface area contributed by atoms with E-state index < -0.39 is 0 Å². The largest absolute Gasteiger partial charge is 0.316 e. The third-order valence-corrected chi connectivity index (χ3v) is 6.98. The maximum Gasteiger partial charge on any atom is 0.234 e. The number of nitrogens with one attached hydrogen (secondary N) is 1. The first-order chi connectivity index (χ1) is 14.9. The Morgan fingerprint density at radius 2 is 1.68 bits per heavy atom. The number of carbonyl (C=O) groups excluding carboxylic acids is 2. The van der Waals surface area contributed by atoms with E-state index in [0.29, 0.717) is 31.5 Å². The van der Waals surface area contributed by atoms with Gasteiger partial charge in [-0.1, -0.05) is 84.4 Å². The van der Waals surface area contributed by atoms with Crippen molar-refractivity contribution in [3.8, 4) is 0 Å². The van der Waals surface area contributed by atoms with Crippen LogP contribution in [0.4, 0.5) is 5.00 Å². The Labute approximate surface area is 206 Å². The molecule has 0 atom stereocenters. The smallest absolute Gasteiger partial charge is 0.234 e. The van der Waals surface area contributed by atoms with Crippen molar-refractivity contribution >= 4 is 62.2 Å². The van der Waals surface area contributed by atoms with Gasteiger partial charge in [0.2, 0.25) is 5.91 Å². The first-order valence-corrected chi connectivity index (χ1v) is 12.9. The lowest BCUT2D eigenvalue weighted by atomic mass is 10.00. The summed E-state index contributed by atoms with van der Waals surface area (Å²) in [7, 11) is 0. The van der Waals surface area contributed by atoms with E-state index in [1.54, 1.807) is 24.3 Å². The number of amides is 1. The summed E-state index contributed by atoms with van der Waals surface area (Å²) < 4.78 is 0.327. The lowest BCUT2D eigenvalue weighted by Gasteiger charge is -2.06. The number of aryl methyl sites for hydroxylation is 2. The number of alkyl halides is 1. The van der Waals surface area contributed by atoms with Gasteiger partial charge in [0.25, 0.3) is 0 Å². The Morgan fingerprint density at radius 1 is 1.00 bits per heavy atom. The second-order valence-electron chi connectivity index (χ2n) is 7.86. The third-order valence-electron chi connectivity index (χ3n) is 4.85. The van der Waals surface area contributed by atoms with Crippen LogP contribution in [0.2, 0.25) is 5.02 Å². The molecule has 0 spiro atoms. The number of rotatable bonds is 9. The highest BCUT2D eigenvalue weighted by Crippen LogP contribution is 2.32. The second kappa shape index (κ2) is 11.2. The summed E-state index contributed by atoms with van der Waals surface area (Å²) >= 11 is 9.72. The average Bonchev–Trinajstić information content (AvgIpc) is 3.15. The Hall–Kier alpha value is -1.70. The molecule has 0 saturated heterocycles. The van der Waals surface area contributed by atoms with Gasteiger partial charge in [0, 0.05) is 10.4 Å². The van der Waals surface area contributed by atoms with Gasteiger partial charge in [0.1, 0.15) is 5.00 Å². The van der Waals surface area contributed by atoms with E-state index >= 15 is 0 Å². The van der Waals surface area contributed by atoms with Crippen LogP contribution in [0, 0.1) is 5.92 Å². The lowest BCUT2D eigenvalue weighted by Crippen LogP contribution is -2.14. The van der Waals surface area contributed by atoms with Crippen molar-refractivity contribution in [3.63, 3.8) is 0 Å².